The smallest absolute Gasteiger partial charge is 0.744 e. The van der Waals surface area contributed by atoms with E-state index in [0.717, 1.165) is 29.6 Å². The van der Waals surface area contributed by atoms with Gasteiger partial charge in [0.15, 0.2) is 5.82 Å². The molecular weight excluding hydrogens is 643 g/mol. The van der Waals surface area contributed by atoms with Crippen LogP contribution < -0.4 is 44.5 Å². The van der Waals surface area contributed by atoms with Crippen molar-refractivity contribution in [2.24, 2.45) is 15.5 Å². The van der Waals surface area contributed by atoms with Gasteiger partial charge in [0.1, 0.15) is 15.8 Å². The summed E-state index contributed by atoms with van der Waals surface area (Å²) >= 11 is 0. The normalized spacial score (nSPS) is 14.8. The van der Waals surface area contributed by atoms with E-state index in [4.69, 9.17) is 10.1 Å². The van der Waals surface area contributed by atoms with Crippen molar-refractivity contribution >= 4 is 48.8 Å². The minimum atomic E-state index is -4.72. The zero-order chi connectivity index (χ0) is 33.3. The summed E-state index contributed by atoms with van der Waals surface area (Å²) in [4.78, 5) is 19.5. The van der Waals surface area contributed by atoms with Gasteiger partial charge in [-0.2, -0.15) is 9.78 Å². The summed E-state index contributed by atoms with van der Waals surface area (Å²) < 4.78 is 61.2. The Morgan fingerprint density at radius 1 is 1.11 bits per heavy atom. The monoisotopic (exact) mass is 680 g/mol. The molecule has 0 bridgehead atoms. The molecule has 2 N–H and O–H groups in total. The van der Waals surface area contributed by atoms with Crippen molar-refractivity contribution in [1.82, 2.24) is 24.9 Å². The molecule has 1 aliphatic heterocycles. The number of likely N-dealkylation sites (N-methyl/N-ethyl adjacent to an activating group) is 1. The molecule has 1 aliphatic rings. The standard InChI is InChI=1S/C29H38N8O6S2.Na/c1-8-36(15-14-30-44(7,39)40)21-12-13-23(18(2)16-21)32-24-25(29(4,5)6)35-37-26(33-34-27(24)37)19(3)31-28(38)20-10-9-11-22(17-20)45(41,42)43;/h9-13,16-17,19,30H,8,14-15H2,1-7H3,(H,31,38)(H,41,42,43);/q;+1/p-1. The number of hydrogen-bond acceptors (Lipinski definition) is 11. The third-order valence-electron chi connectivity index (χ3n) is 7.04. The number of benzene rings is 2. The minimum Gasteiger partial charge on any atom is -0.744 e. The molecule has 0 spiro atoms. The zero-order valence-corrected chi connectivity index (χ0v) is 30.8. The summed E-state index contributed by atoms with van der Waals surface area (Å²) in [6.07, 6.45) is 1.13. The second kappa shape index (κ2) is 14.4. The molecule has 0 radical (unpaired) electrons. The van der Waals surface area contributed by atoms with Crippen LogP contribution in [0.25, 0.3) is 0 Å². The number of rotatable bonds is 11. The van der Waals surface area contributed by atoms with Gasteiger partial charge in [-0.1, -0.05) is 26.8 Å². The van der Waals surface area contributed by atoms with Crippen LogP contribution in [-0.2, 0) is 20.1 Å². The molecule has 2 heterocycles. The van der Waals surface area contributed by atoms with Gasteiger partial charge in [-0.3, -0.25) is 4.79 Å². The van der Waals surface area contributed by atoms with Gasteiger partial charge < -0.3 is 14.8 Å². The van der Waals surface area contributed by atoms with Gasteiger partial charge >= 0.3 is 29.6 Å². The predicted octanol–water partition coefficient (Wildman–Crippen LogP) is -0.254. The van der Waals surface area contributed by atoms with Crippen LogP contribution in [0.15, 0.2) is 57.5 Å². The first-order valence-electron chi connectivity index (χ1n) is 14.2. The van der Waals surface area contributed by atoms with E-state index in [2.05, 4.69) is 25.1 Å². The van der Waals surface area contributed by atoms with Gasteiger partial charge in [0, 0.05) is 36.3 Å². The number of hydrogen-bond donors (Lipinski definition) is 2. The van der Waals surface area contributed by atoms with Crippen molar-refractivity contribution in [1.29, 1.82) is 0 Å². The van der Waals surface area contributed by atoms with Crippen molar-refractivity contribution in [2.45, 2.75) is 52.5 Å². The van der Waals surface area contributed by atoms with Crippen LogP contribution in [0.1, 0.15) is 68.2 Å². The van der Waals surface area contributed by atoms with Crippen LogP contribution in [0.3, 0.4) is 0 Å². The predicted molar refractivity (Wildman–Crippen MR) is 171 cm³/mol. The number of nitrogens with one attached hydrogen (secondary N) is 2. The van der Waals surface area contributed by atoms with E-state index in [1.54, 1.807) is 11.6 Å². The number of amides is 1. The van der Waals surface area contributed by atoms with Crippen molar-refractivity contribution in [3.8, 4) is 0 Å². The van der Waals surface area contributed by atoms with Crippen LogP contribution >= 0.6 is 0 Å². The summed E-state index contributed by atoms with van der Waals surface area (Å²) in [5.74, 6) is 0.147. The Kier molecular flexibility index (Phi) is 11.7. The quantitative estimate of drug-likeness (QED) is 0.203. The Morgan fingerprint density at radius 2 is 1.80 bits per heavy atom. The van der Waals surface area contributed by atoms with E-state index in [9.17, 15) is 26.2 Å². The molecular formula is C29H37N8NaO6S2. The molecule has 4 rings (SSSR count). The van der Waals surface area contributed by atoms with Gasteiger partial charge in [-0.25, -0.2) is 26.6 Å². The Labute approximate surface area is 291 Å². The maximum Gasteiger partial charge on any atom is 1.00 e. The summed E-state index contributed by atoms with van der Waals surface area (Å²) in [5.41, 5.74) is 3.31. The number of aliphatic imine (C=N–C) groups is 1. The van der Waals surface area contributed by atoms with E-state index < -0.39 is 42.4 Å². The van der Waals surface area contributed by atoms with E-state index in [-0.39, 0.29) is 41.7 Å². The van der Waals surface area contributed by atoms with Gasteiger partial charge in [-0.05, 0) is 62.7 Å². The number of aromatic nitrogens is 3. The molecule has 0 saturated heterocycles. The Hall–Kier alpha value is -2.99. The maximum atomic E-state index is 12.9. The average Bonchev–Trinajstić information content (AvgIpc) is 3.51. The fraction of sp³-hybridized carbons (Fsp3) is 0.414. The molecule has 2 aromatic carbocycles. The fourth-order valence-electron chi connectivity index (χ4n) is 4.72. The minimum absolute atomic E-state index is 0. The van der Waals surface area contributed by atoms with Crippen molar-refractivity contribution in [3.05, 3.63) is 65.2 Å². The summed E-state index contributed by atoms with van der Waals surface area (Å²) in [7, 11) is -8.00. The van der Waals surface area contributed by atoms with Crippen molar-refractivity contribution < 1.29 is 55.7 Å². The van der Waals surface area contributed by atoms with Gasteiger partial charge in [0.05, 0.1) is 28.6 Å². The summed E-state index contributed by atoms with van der Waals surface area (Å²) in [5, 5.41) is 16.2. The molecule has 0 saturated carbocycles. The molecule has 242 valence electrons. The number of anilines is 1. The van der Waals surface area contributed by atoms with E-state index in [1.807, 2.05) is 52.8 Å². The number of carbonyl (C=O) groups is 1. The van der Waals surface area contributed by atoms with Crippen molar-refractivity contribution in [2.75, 3.05) is 30.8 Å². The van der Waals surface area contributed by atoms with Gasteiger partial charge in [0.2, 0.25) is 15.8 Å². The molecule has 17 heteroatoms. The molecule has 1 unspecified atom stereocenters. The Balaban J connectivity index is 0.00000576. The maximum absolute atomic E-state index is 12.9. The topological polar surface area (TPSA) is 191 Å². The zero-order valence-electron chi connectivity index (χ0n) is 27.2. The van der Waals surface area contributed by atoms with E-state index in [0.29, 0.717) is 41.8 Å². The van der Waals surface area contributed by atoms with Gasteiger partial charge in [-0.15, -0.1) is 10.2 Å². The number of nitrogens with zero attached hydrogens (tertiary/aromatic N) is 6. The largest absolute Gasteiger partial charge is 1.00 e. The Morgan fingerprint density at radius 3 is 2.39 bits per heavy atom. The molecule has 3 aromatic rings. The summed E-state index contributed by atoms with van der Waals surface area (Å²) in [6.45, 7) is 13.1. The van der Waals surface area contributed by atoms with E-state index >= 15 is 0 Å². The van der Waals surface area contributed by atoms with Crippen LogP contribution in [0.4, 0.5) is 11.4 Å². The third kappa shape index (κ3) is 8.87. The van der Waals surface area contributed by atoms with Crippen LogP contribution in [0.2, 0.25) is 0 Å². The first kappa shape index (κ1) is 37.5. The van der Waals surface area contributed by atoms with Gasteiger partial charge in [0.25, 0.3) is 5.91 Å². The second-order valence-corrected chi connectivity index (χ2v) is 15.0. The molecule has 14 nitrogen and oxygen atoms in total. The number of fused-ring (bicyclic) bond motifs is 1. The Bertz CT molecular complexity index is 1900. The van der Waals surface area contributed by atoms with Crippen LogP contribution in [0, 0.1) is 12.3 Å². The molecule has 0 fully saturated rings. The second-order valence-electron chi connectivity index (χ2n) is 11.7. The van der Waals surface area contributed by atoms with Crippen LogP contribution in [0.5, 0.6) is 0 Å². The molecule has 1 atom stereocenters. The first-order valence-corrected chi connectivity index (χ1v) is 17.5. The SMILES string of the molecule is CCN(CCNS(C)(=O)=O)c1ccc(N=C2C(C(C)(C)C)=Nn3c2nnc3C(C)NC(=O)c2cccc(S(=O)(=O)[O-])c2)c(C)c1.[Na+]. The third-order valence-corrected chi connectivity index (χ3v) is 8.60. The first-order chi connectivity index (χ1) is 20.9. The molecule has 0 aliphatic carbocycles. The van der Waals surface area contributed by atoms with Crippen LogP contribution in [-0.4, -0.2) is 79.5 Å². The summed E-state index contributed by atoms with van der Waals surface area (Å²) in [6, 6.07) is 10.0. The number of sulfonamides is 1. The molecule has 46 heavy (non-hydrogen) atoms. The van der Waals surface area contributed by atoms with Crippen molar-refractivity contribution in [3.63, 3.8) is 0 Å². The molecule has 1 aromatic heterocycles. The number of carbonyl (C=O) groups excluding carboxylic acids is 1. The fourth-order valence-corrected chi connectivity index (χ4v) is 5.70. The van der Waals surface area contributed by atoms with E-state index in [1.165, 1.54) is 12.1 Å². The number of aryl methyl sites for hydroxylation is 1. The average molecular weight is 681 g/mol. The molecule has 1 amide bonds.